The molecule has 1 aromatic rings. The van der Waals surface area contributed by atoms with Gasteiger partial charge in [-0.1, -0.05) is 50.6 Å². The number of hydrogen-bond donors (Lipinski definition) is 1. The Balaban J connectivity index is 2.05. The van der Waals surface area contributed by atoms with Gasteiger partial charge in [0.1, 0.15) is 0 Å². The van der Waals surface area contributed by atoms with E-state index in [1.807, 2.05) is 0 Å². The summed E-state index contributed by atoms with van der Waals surface area (Å²) < 4.78 is 0. The number of benzene rings is 1. The number of unbranched alkanes of at least 4 members (excludes halogenated alkanes) is 1. The maximum Gasteiger partial charge on any atom is 0.0346 e. The van der Waals surface area contributed by atoms with Crippen LogP contribution < -0.4 is 5.32 Å². The molecule has 20 heavy (non-hydrogen) atoms. The minimum atomic E-state index is 0.574. The van der Waals surface area contributed by atoms with Crippen LogP contribution in [0.15, 0.2) is 30.3 Å². The third-order valence-electron chi connectivity index (χ3n) is 4.43. The first-order chi connectivity index (χ1) is 9.85. The van der Waals surface area contributed by atoms with Crippen LogP contribution in [-0.4, -0.2) is 30.6 Å². The SMILES string of the molecule is CCCCN(CC1CCCN1)C(CC)c1ccccc1. The molecule has 2 heteroatoms. The van der Waals surface area contributed by atoms with E-state index in [0.717, 1.165) is 0 Å². The molecule has 2 nitrogen and oxygen atoms in total. The van der Waals surface area contributed by atoms with E-state index in [0.29, 0.717) is 12.1 Å². The maximum atomic E-state index is 3.65. The van der Waals surface area contributed by atoms with Crippen LogP contribution in [0.3, 0.4) is 0 Å². The molecule has 0 saturated carbocycles. The summed E-state index contributed by atoms with van der Waals surface area (Å²) in [6, 6.07) is 12.3. The lowest BCUT2D eigenvalue weighted by molar-refractivity contribution is 0.173. The van der Waals surface area contributed by atoms with Crippen molar-refractivity contribution >= 4 is 0 Å². The fourth-order valence-electron chi connectivity index (χ4n) is 3.31. The Morgan fingerprint density at radius 2 is 2.05 bits per heavy atom. The molecule has 0 aliphatic carbocycles. The molecule has 1 aliphatic rings. The molecular formula is C18H30N2. The molecule has 1 heterocycles. The highest BCUT2D eigenvalue weighted by Crippen LogP contribution is 2.25. The van der Waals surface area contributed by atoms with Gasteiger partial charge in [-0.2, -0.15) is 0 Å². The van der Waals surface area contributed by atoms with Crippen LogP contribution in [0.5, 0.6) is 0 Å². The van der Waals surface area contributed by atoms with Gasteiger partial charge >= 0.3 is 0 Å². The molecule has 0 bridgehead atoms. The lowest BCUT2D eigenvalue weighted by Gasteiger charge is -2.33. The van der Waals surface area contributed by atoms with Gasteiger partial charge in [-0.3, -0.25) is 4.90 Å². The molecule has 2 rings (SSSR count). The highest BCUT2D eigenvalue weighted by Gasteiger charge is 2.23. The van der Waals surface area contributed by atoms with Gasteiger partial charge in [0.2, 0.25) is 0 Å². The minimum absolute atomic E-state index is 0.574. The zero-order valence-corrected chi connectivity index (χ0v) is 13.1. The lowest BCUT2D eigenvalue weighted by atomic mass is 10.0. The van der Waals surface area contributed by atoms with Gasteiger partial charge in [0.25, 0.3) is 0 Å². The summed E-state index contributed by atoms with van der Waals surface area (Å²) in [5.74, 6) is 0. The molecule has 2 unspecified atom stereocenters. The van der Waals surface area contributed by atoms with Gasteiger partial charge in [-0.05, 0) is 44.3 Å². The minimum Gasteiger partial charge on any atom is -0.313 e. The molecular weight excluding hydrogens is 244 g/mol. The topological polar surface area (TPSA) is 15.3 Å². The summed E-state index contributed by atoms with van der Waals surface area (Å²) >= 11 is 0. The van der Waals surface area contributed by atoms with Crippen molar-refractivity contribution in [1.82, 2.24) is 10.2 Å². The van der Waals surface area contributed by atoms with Crippen LogP contribution in [0.1, 0.15) is 57.6 Å². The van der Waals surface area contributed by atoms with Crippen LogP contribution in [-0.2, 0) is 0 Å². The summed E-state index contributed by atoms with van der Waals surface area (Å²) in [4.78, 5) is 2.71. The second-order valence-corrected chi connectivity index (χ2v) is 5.98. The van der Waals surface area contributed by atoms with Crippen molar-refractivity contribution in [3.63, 3.8) is 0 Å². The van der Waals surface area contributed by atoms with Gasteiger partial charge in [-0.15, -0.1) is 0 Å². The van der Waals surface area contributed by atoms with Gasteiger partial charge in [0.05, 0.1) is 0 Å². The molecule has 0 aromatic heterocycles. The molecule has 1 aromatic carbocycles. The van der Waals surface area contributed by atoms with E-state index in [1.54, 1.807) is 0 Å². The van der Waals surface area contributed by atoms with Gasteiger partial charge in [-0.25, -0.2) is 0 Å². The molecule has 112 valence electrons. The predicted molar refractivity (Wildman–Crippen MR) is 87.0 cm³/mol. The van der Waals surface area contributed by atoms with Crippen LogP contribution in [0.25, 0.3) is 0 Å². The van der Waals surface area contributed by atoms with E-state index in [4.69, 9.17) is 0 Å². The molecule has 1 aliphatic heterocycles. The van der Waals surface area contributed by atoms with E-state index >= 15 is 0 Å². The van der Waals surface area contributed by atoms with Crippen molar-refractivity contribution in [2.75, 3.05) is 19.6 Å². The van der Waals surface area contributed by atoms with Crippen molar-refractivity contribution in [2.24, 2.45) is 0 Å². The van der Waals surface area contributed by atoms with Gasteiger partial charge in [0.15, 0.2) is 0 Å². The summed E-state index contributed by atoms with van der Waals surface area (Å²) in [6.45, 7) is 8.23. The summed E-state index contributed by atoms with van der Waals surface area (Å²) in [5, 5.41) is 3.65. The Hall–Kier alpha value is -0.860. The standard InChI is InChI=1S/C18H30N2/c1-3-5-14-20(15-17-12-9-13-19-17)18(4-2)16-10-7-6-8-11-16/h6-8,10-11,17-19H,3-5,9,12-15H2,1-2H3. The lowest BCUT2D eigenvalue weighted by Crippen LogP contribution is -2.40. The predicted octanol–water partition coefficient (Wildman–Crippen LogP) is 3.99. The fraction of sp³-hybridized carbons (Fsp3) is 0.667. The van der Waals surface area contributed by atoms with Crippen LogP contribution in [0.2, 0.25) is 0 Å². The Kier molecular flexibility index (Phi) is 6.55. The smallest absolute Gasteiger partial charge is 0.0346 e. The fourth-order valence-corrected chi connectivity index (χ4v) is 3.31. The average molecular weight is 274 g/mol. The van der Waals surface area contributed by atoms with Crippen molar-refractivity contribution in [1.29, 1.82) is 0 Å². The Labute approximate surface area is 124 Å². The van der Waals surface area contributed by atoms with E-state index in [9.17, 15) is 0 Å². The molecule has 2 atom stereocenters. The molecule has 1 fully saturated rings. The molecule has 1 N–H and O–H groups in total. The normalized spacial score (nSPS) is 20.4. The number of hydrogen-bond acceptors (Lipinski definition) is 2. The van der Waals surface area contributed by atoms with Crippen molar-refractivity contribution < 1.29 is 0 Å². The van der Waals surface area contributed by atoms with E-state index in [2.05, 4.69) is 54.4 Å². The first-order valence-electron chi connectivity index (χ1n) is 8.37. The van der Waals surface area contributed by atoms with Gasteiger partial charge in [0, 0.05) is 18.6 Å². The zero-order valence-electron chi connectivity index (χ0n) is 13.1. The van der Waals surface area contributed by atoms with Crippen molar-refractivity contribution in [3.8, 4) is 0 Å². The highest BCUT2D eigenvalue weighted by molar-refractivity contribution is 5.19. The first kappa shape index (κ1) is 15.5. The number of nitrogens with one attached hydrogen (secondary N) is 1. The third kappa shape index (κ3) is 4.32. The highest BCUT2D eigenvalue weighted by atomic mass is 15.2. The second kappa shape index (κ2) is 8.43. The van der Waals surface area contributed by atoms with Crippen LogP contribution >= 0.6 is 0 Å². The van der Waals surface area contributed by atoms with Crippen molar-refractivity contribution in [2.45, 2.75) is 58.0 Å². The maximum absolute atomic E-state index is 3.65. The largest absolute Gasteiger partial charge is 0.313 e. The zero-order chi connectivity index (χ0) is 14.2. The molecule has 1 saturated heterocycles. The van der Waals surface area contributed by atoms with E-state index < -0.39 is 0 Å². The Morgan fingerprint density at radius 3 is 2.65 bits per heavy atom. The van der Waals surface area contributed by atoms with Crippen LogP contribution in [0, 0.1) is 0 Å². The quantitative estimate of drug-likeness (QED) is 0.771. The van der Waals surface area contributed by atoms with E-state index in [1.165, 1.54) is 57.3 Å². The second-order valence-electron chi connectivity index (χ2n) is 5.98. The number of rotatable bonds is 8. The first-order valence-corrected chi connectivity index (χ1v) is 8.37. The monoisotopic (exact) mass is 274 g/mol. The van der Waals surface area contributed by atoms with Crippen LogP contribution in [0.4, 0.5) is 0 Å². The number of nitrogens with zero attached hydrogens (tertiary/aromatic N) is 1. The summed E-state index contributed by atoms with van der Waals surface area (Å²) in [5.41, 5.74) is 1.48. The summed E-state index contributed by atoms with van der Waals surface area (Å²) in [6.07, 6.45) is 6.46. The average Bonchev–Trinajstić information content (AvgIpc) is 2.99. The molecule has 0 amide bonds. The summed E-state index contributed by atoms with van der Waals surface area (Å²) in [7, 11) is 0. The van der Waals surface area contributed by atoms with Crippen molar-refractivity contribution in [3.05, 3.63) is 35.9 Å². The molecule has 0 radical (unpaired) electrons. The van der Waals surface area contributed by atoms with E-state index in [-0.39, 0.29) is 0 Å². The Bertz CT molecular complexity index is 357. The Morgan fingerprint density at radius 1 is 1.25 bits per heavy atom. The molecule has 0 spiro atoms. The third-order valence-corrected chi connectivity index (χ3v) is 4.43. The van der Waals surface area contributed by atoms with Gasteiger partial charge < -0.3 is 5.32 Å².